The molecule has 2 aromatic heterocycles. The Labute approximate surface area is 178 Å². The summed E-state index contributed by atoms with van der Waals surface area (Å²) in [7, 11) is 0. The lowest BCUT2D eigenvalue weighted by atomic mass is 10.0. The molecule has 6 nitrogen and oxygen atoms in total. The maximum absolute atomic E-state index is 12.7. The molecule has 3 rings (SSSR count). The molecule has 0 aliphatic heterocycles. The van der Waals surface area contributed by atoms with Crippen LogP contribution in [0.2, 0.25) is 5.02 Å². The number of aromatic nitrogens is 1. The summed E-state index contributed by atoms with van der Waals surface area (Å²) in [5.41, 5.74) is 2.11. The monoisotopic (exact) mass is 431 g/mol. The van der Waals surface area contributed by atoms with Crippen LogP contribution in [0.3, 0.4) is 0 Å². The number of thiazole rings is 1. The third kappa shape index (κ3) is 5.46. The molecule has 0 fully saturated rings. The van der Waals surface area contributed by atoms with Gasteiger partial charge in [0.05, 0.1) is 6.26 Å². The highest BCUT2D eigenvalue weighted by Crippen LogP contribution is 2.24. The van der Waals surface area contributed by atoms with Gasteiger partial charge in [0, 0.05) is 22.5 Å². The van der Waals surface area contributed by atoms with Gasteiger partial charge in [-0.05, 0) is 42.2 Å². The molecule has 1 atom stereocenters. The molecule has 0 saturated carbocycles. The number of aryl methyl sites for hydroxylation is 1. The van der Waals surface area contributed by atoms with Crippen molar-refractivity contribution in [2.75, 3.05) is 5.32 Å². The fourth-order valence-electron chi connectivity index (χ4n) is 2.73. The zero-order valence-corrected chi connectivity index (χ0v) is 17.9. The highest BCUT2D eigenvalue weighted by Gasteiger charge is 2.26. The summed E-state index contributed by atoms with van der Waals surface area (Å²) in [5, 5.41) is 6.73. The number of anilines is 1. The fourth-order valence-corrected chi connectivity index (χ4v) is 3.79. The van der Waals surface area contributed by atoms with E-state index in [0.29, 0.717) is 11.6 Å². The van der Waals surface area contributed by atoms with E-state index in [1.165, 1.54) is 17.6 Å². The van der Waals surface area contributed by atoms with E-state index in [-0.39, 0.29) is 17.6 Å². The number of furan rings is 1. The summed E-state index contributed by atoms with van der Waals surface area (Å²) >= 11 is 7.58. The number of hydrogen-bond donors (Lipinski definition) is 2. The largest absolute Gasteiger partial charge is 0.459 e. The van der Waals surface area contributed by atoms with Crippen LogP contribution in [0.4, 0.5) is 5.13 Å². The van der Waals surface area contributed by atoms with Gasteiger partial charge in [0.25, 0.3) is 5.91 Å². The van der Waals surface area contributed by atoms with Gasteiger partial charge in [0.2, 0.25) is 5.91 Å². The number of carbonyl (C=O) groups is 2. The van der Waals surface area contributed by atoms with Crippen molar-refractivity contribution in [2.24, 2.45) is 5.92 Å². The molecule has 0 saturated heterocycles. The molecule has 2 amide bonds. The summed E-state index contributed by atoms with van der Waals surface area (Å²) in [6, 6.07) is 8.41. The minimum Gasteiger partial charge on any atom is -0.459 e. The second kappa shape index (κ2) is 9.24. The van der Waals surface area contributed by atoms with Gasteiger partial charge in [0.1, 0.15) is 6.04 Å². The van der Waals surface area contributed by atoms with Crippen molar-refractivity contribution >= 4 is 39.9 Å². The Kier molecular flexibility index (Phi) is 6.71. The van der Waals surface area contributed by atoms with Gasteiger partial charge < -0.3 is 15.1 Å². The minimum absolute atomic E-state index is 0.108. The molecule has 2 heterocycles. The maximum Gasteiger partial charge on any atom is 0.287 e. The zero-order chi connectivity index (χ0) is 21.0. The molecule has 3 aromatic rings. The molecule has 0 radical (unpaired) electrons. The van der Waals surface area contributed by atoms with Crippen LogP contribution in [0.25, 0.3) is 0 Å². The molecule has 0 aliphatic rings. The van der Waals surface area contributed by atoms with Gasteiger partial charge in [-0.2, -0.15) is 0 Å². The Hall–Kier alpha value is -2.64. The molecule has 1 unspecified atom stereocenters. The summed E-state index contributed by atoms with van der Waals surface area (Å²) < 4.78 is 5.09. The summed E-state index contributed by atoms with van der Waals surface area (Å²) in [5.74, 6) is -0.695. The van der Waals surface area contributed by atoms with Crippen molar-refractivity contribution < 1.29 is 14.0 Å². The molecule has 1 aromatic carbocycles. The first-order valence-corrected chi connectivity index (χ1v) is 10.4. The molecule has 0 spiro atoms. The lowest BCUT2D eigenvalue weighted by Gasteiger charge is -2.20. The van der Waals surface area contributed by atoms with Crippen molar-refractivity contribution in [3.63, 3.8) is 0 Å². The number of hydrogen-bond acceptors (Lipinski definition) is 5. The van der Waals surface area contributed by atoms with E-state index in [1.807, 2.05) is 39.0 Å². The van der Waals surface area contributed by atoms with Gasteiger partial charge in [-0.15, -0.1) is 11.3 Å². The second-order valence-corrected chi connectivity index (χ2v) is 8.58. The lowest BCUT2D eigenvalue weighted by Crippen LogP contribution is -2.47. The molecular formula is C21H22ClN3O3S. The van der Waals surface area contributed by atoms with E-state index < -0.39 is 11.9 Å². The van der Waals surface area contributed by atoms with Crippen LogP contribution in [0, 0.1) is 12.8 Å². The predicted molar refractivity (Wildman–Crippen MR) is 115 cm³/mol. The van der Waals surface area contributed by atoms with Crippen LogP contribution in [0.1, 0.15) is 40.4 Å². The van der Waals surface area contributed by atoms with E-state index in [1.54, 1.807) is 18.3 Å². The molecule has 2 N–H and O–H groups in total. The quantitative estimate of drug-likeness (QED) is 0.568. The number of amides is 2. The second-order valence-electron chi connectivity index (χ2n) is 7.05. The first-order valence-electron chi connectivity index (χ1n) is 9.18. The first-order chi connectivity index (χ1) is 13.8. The van der Waals surface area contributed by atoms with Crippen LogP contribution in [-0.4, -0.2) is 22.8 Å². The van der Waals surface area contributed by atoms with Crippen LogP contribution >= 0.6 is 22.9 Å². The average Bonchev–Trinajstić information content (AvgIpc) is 3.34. The van der Waals surface area contributed by atoms with E-state index in [9.17, 15) is 9.59 Å². The van der Waals surface area contributed by atoms with Gasteiger partial charge in [0.15, 0.2) is 10.9 Å². The molecular weight excluding hydrogens is 410 g/mol. The molecule has 29 heavy (non-hydrogen) atoms. The van der Waals surface area contributed by atoms with E-state index in [0.717, 1.165) is 21.0 Å². The standard InChI is InChI=1S/C21H22ClN3O3S/c1-12(2)18(24-19(26)17-5-4-8-28-17)20(27)25-21-23-11-15(29-21)9-14-7-6-13(3)16(22)10-14/h4-8,10-12,18H,9H2,1-3H3,(H,24,26)(H,23,25,27). The lowest BCUT2D eigenvalue weighted by molar-refractivity contribution is -0.118. The van der Waals surface area contributed by atoms with E-state index in [2.05, 4.69) is 15.6 Å². The Morgan fingerprint density at radius 3 is 2.72 bits per heavy atom. The summed E-state index contributed by atoms with van der Waals surface area (Å²) in [6.45, 7) is 5.68. The fraction of sp³-hybridized carbons (Fsp3) is 0.286. The Balaban J connectivity index is 1.64. The first kappa shape index (κ1) is 21.1. The van der Waals surface area contributed by atoms with E-state index >= 15 is 0 Å². The number of benzene rings is 1. The third-order valence-electron chi connectivity index (χ3n) is 4.38. The number of carbonyl (C=O) groups excluding carboxylic acids is 2. The van der Waals surface area contributed by atoms with Crippen LogP contribution < -0.4 is 10.6 Å². The predicted octanol–water partition coefficient (Wildman–Crippen LogP) is 4.68. The summed E-state index contributed by atoms with van der Waals surface area (Å²) in [4.78, 5) is 30.2. The van der Waals surface area contributed by atoms with Gasteiger partial charge in [-0.1, -0.05) is 37.6 Å². The maximum atomic E-state index is 12.7. The van der Waals surface area contributed by atoms with Crippen molar-refractivity contribution in [2.45, 2.75) is 33.2 Å². The third-order valence-corrected chi connectivity index (χ3v) is 5.70. The molecule has 0 bridgehead atoms. The van der Waals surface area contributed by atoms with Crippen LogP contribution in [0.15, 0.2) is 47.2 Å². The van der Waals surface area contributed by atoms with E-state index in [4.69, 9.17) is 16.0 Å². The van der Waals surface area contributed by atoms with Gasteiger partial charge >= 0.3 is 0 Å². The number of rotatable bonds is 7. The number of halogens is 1. The Morgan fingerprint density at radius 1 is 1.28 bits per heavy atom. The van der Waals surface area contributed by atoms with Crippen molar-refractivity contribution in [3.05, 3.63) is 69.6 Å². The molecule has 8 heteroatoms. The SMILES string of the molecule is Cc1ccc(Cc2cnc(NC(=O)C(NC(=O)c3ccco3)C(C)C)s2)cc1Cl. The number of nitrogens with one attached hydrogen (secondary N) is 2. The van der Waals surface area contributed by atoms with Crippen LogP contribution in [-0.2, 0) is 11.2 Å². The normalized spacial score (nSPS) is 12.0. The minimum atomic E-state index is -0.712. The van der Waals surface area contributed by atoms with Crippen molar-refractivity contribution in [3.8, 4) is 0 Å². The van der Waals surface area contributed by atoms with Crippen molar-refractivity contribution in [1.82, 2.24) is 10.3 Å². The number of nitrogens with zero attached hydrogens (tertiary/aromatic N) is 1. The average molecular weight is 432 g/mol. The van der Waals surface area contributed by atoms with Crippen molar-refractivity contribution in [1.29, 1.82) is 0 Å². The van der Waals surface area contributed by atoms with Gasteiger partial charge in [-0.25, -0.2) is 4.98 Å². The molecule has 152 valence electrons. The summed E-state index contributed by atoms with van der Waals surface area (Å²) in [6.07, 6.45) is 3.83. The highest BCUT2D eigenvalue weighted by atomic mass is 35.5. The Bertz CT molecular complexity index is 999. The highest BCUT2D eigenvalue weighted by molar-refractivity contribution is 7.15. The smallest absolute Gasteiger partial charge is 0.287 e. The Morgan fingerprint density at radius 2 is 2.07 bits per heavy atom. The van der Waals surface area contributed by atoms with Crippen LogP contribution in [0.5, 0.6) is 0 Å². The zero-order valence-electron chi connectivity index (χ0n) is 16.4. The van der Waals surface area contributed by atoms with Gasteiger partial charge in [-0.3, -0.25) is 9.59 Å². The molecule has 0 aliphatic carbocycles. The topological polar surface area (TPSA) is 84.2 Å².